The van der Waals surface area contributed by atoms with Crippen molar-refractivity contribution in [2.45, 2.75) is 0 Å². The molecule has 3 nitrogen and oxygen atoms in total. The Labute approximate surface area is 87.0 Å². The minimum atomic E-state index is 0.106. The molecule has 0 aromatic heterocycles. The summed E-state index contributed by atoms with van der Waals surface area (Å²) in [4.78, 5) is 13.2. The van der Waals surface area contributed by atoms with Crippen LogP contribution in [0.25, 0.3) is 0 Å². The highest BCUT2D eigenvalue weighted by molar-refractivity contribution is 8.14. The number of hydrogen-bond donors (Lipinski definition) is 0. The molecular formula is C10H11NO2S. The Hall–Kier alpha value is -1.16. The van der Waals surface area contributed by atoms with Crippen molar-refractivity contribution >= 4 is 22.7 Å². The SMILES string of the molecule is COc1ccccc1N1CCSC1=O. The molecule has 0 atom stereocenters. The maximum Gasteiger partial charge on any atom is 0.286 e. The number of amides is 1. The Morgan fingerprint density at radius 1 is 1.43 bits per heavy atom. The third kappa shape index (κ3) is 1.57. The quantitative estimate of drug-likeness (QED) is 0.749. The smallest absolute Gasteiger partial charge is 0.286 e. The third-order valence-electron chi connectivity index (χ3n) is 2.14. The lowest BCUT2D eigenvalue weighted by molar-refractivity contribution is 0.266. The van der Waals surface area contributed by atoms with Gasteiger partial charge in [0, 0.05) is 12.3 Å². The number of hydrogen-bond acceptors (Lipinski definition) is 3. The zero-order chi connectivity index (χ0) is 9.97. The average Bonchev–Trinajstić information content (AvgIpc) is 2.64. The molecule has 4 heteroatoms. The molecule has 0 unspecified atom stereocenters. The van der Waals surface area contributed by atoms with Crippen molar-refractivity contribution in [3.63, 3.8) is 0 Å². The minimum absolute atomic E-state index is 0.106. The van der Waals surface area contributed by atoms with E-state index in [2.05, 4.69) is 0 Å². The Bertz CT molecular complexity index is 354. The number of ether oxygens (including phenoxy) is 1. The van der Waals surface area contributed by atoms with Gasteiger partial charge in [-0.15, -0.1) is 0 Å². The van der Waals surface area contributed by atoms with Crippen LogP contribution in [-0.4, -0.2) is 24.6 Å². The van der Waals surface area contributed by atoms with E-state index < -0.39 is 0 Å². The van der Waals surface area contributed by atoms with Crippen molar-refractivity contribution < 1.29 is 9.53 Å². The van der Waals surface area contributed by atoms with Gasteiger partial charge in [0.25, 0.3) is 5.24 Å². The first-order chi connectivity index (χ1) is 6.83. The lowest BCUT2D eigenvalue weighted by Gasteiger charge is -2.17. The molecule has 2 rings (SSSR count). The fourth-order valence-electron chi connectivity index (χ4n) is 1.47. The van der Waals surface area contributed by atoms with Gasteiger partial charge in [-0.1, -0.05) is 23.9 Å². The molecule has 1 aliphatic heterocycles. The lowest BCUT2D eigenvalue weighted by Crippen LogP contribution is -2.22. The topological polar surface area (TPSA) is 29.5 Å². The van der Waals surface area contributed by atoms with E-state index in [0.29, 0.717) is 0 Å². The molecule has 0 aliphatic carbocycles. The van der Waals surface area contributed by atoms with Crippen LogP contribution in [-0.2, 0) is 0 Å². The molecule has 0 bridgehead atoms. The van der Waals surface area contributed by atoms with E-state index in [1.807, 2.05) is 24.3 Å². The monoisotopic (exact) mass is 209 g/mol. The van der Waals surface area contributed by atoms with E-state index in [0.717, 1.165) is 23.7 Å². The molecule has 1 heterocycles. The van der Waals surface area contributed by atoms with E-state index in [1.165, 1.54) is 11.8 Å². The van der Waals surface area contributed by atoms with Crippen LogP contribution in [0.15, 0.2) is 24.3 Å². The number of nitrogens with zero attached hydrogens (tertiary/aromatic N) is 1. The molecule has 1 saturated heterocycles. The van der Waals surface area contributed by atoms with Crippen LogP contribution in [0, 0.1) is 0 Å². The van der Waals surface area contributed by atoms with Gasteiger partial charge in [-0.25, -0.2) is 0 Å². The Morgan fingerprint density at radius 3 is 2.86 bits per heavy atom. The number of carbonyl (C=O) groups excluding carboxylic acids is 1. The minimum Gasteiger partial charge on any atom is -0.495 e. The van der Waals surface area contributed by atoms with Crippen molar-refractivity contribution in [1.82, 2.24) is 0 Å². The molecule has 0 radical (unpaired) electrons. The van der Waals surface area contributed by atoms with Crippen molar-refractivity contribution in [2.75, 3.05) is 24.3 Å². The highest BCUT2D eigenvalue weighted by Crippen LogP contribution is 2.32. The van der Waals surface area contributed by atoms with Crippen LogP contribution in [0.1, 0.15) is 0 Å². The van der Waals surface area contributed by atoms with Gasteiger partial charge in [-0.3, -0.25) is 9.69 Å². The molecule has 0 N–H and O–H groups in total. The van der Waals surface area contributed by atoms with Crippen LogP contribution >= 0.6 is 11.8 Å². The van der Waals surface area contributed by atoms with Crippen molar-refractivity contribution in [3.8, 4) is 5.75 Å². The van der Waals surface area contributed by atoms with Crippen LogP contribution in [0.2, 0.25) is 0 Å². The summed E-state index contributed by atoms with van der Waals surface area (Å²) >= 11 is 1.35. The summed E-state index contributed by atoms with van der Waals surface area (Å²) in [6, 6.07) is 7.58. The number of thioether (sulfide) groups is 1. The second-order valence-corrected chi connectivity index (χ2v) is 3.98. The van der Waals surface area contributed by atoms with Crippen molar-refractivity contribution in [1.29, 1.82) is 0 Å². The first kappa shape index (κ1) is 9.40. The summed E-state index contributed by atoms with van der Waals surface area (Å²) in [7, 11) is 1.62. The fraction of sp³-hybridized carbons (Fsp3) is 0.300. The number of para-hydroxylation sites is 2. The molecule has 74 valence electrons. The summed E-state index contributed by atoms with van der Waals surface area (Å²) in [6.45, 7) is 0.768. The highest BCUT2D eigenvalue weighted by Gasteiger charge is 2.24. The molecule has 0 saturated carbocycles. The Morgan fingerprint density at radius 2 is 2.21 bits per heavy atom. The predicted octanol–water partition coefficient (Wildman–Crippen LogP) is 2.37. The van der Waals surface area contributed by atoms with E-state index in [-0.39, 0.29) is 5.24 Å². The highest BCUT2D eigenvalue weighted by atomic mass is 32.2. The lowest BCUT2D eigenvalue weighted by atomic mass is 10.2. The standard InChI is InChI=1S/C10H11NO2S/c1-13-9-5-3-2-4-8(9)11-6-7-14-10(11)12/h2-5H,6-7H2,1H3. The second-order valence-electron chi connectivity index (χ2n) is 2.94. The zero-order valence-electron chi connectivity index (χ0n) is 7.90. The molecule has 14 heavy (non-hydrogen) atoms. The summed E-state index contributed by atoms with van der Waals surface area (Å²) in [5, 5.41) is 0.106. The number of carbonyl (C=O) groups is 1. The van der Waals surface area contributed by atoms with E-state index in [1.54, 1.807) is 12.0 Å². The molecule has 1 fully saturated rings. The van der Waals surface area contributed by atoms with E-state index in [9.17, 15) is 4.79 Å². The largest absolute Gasteiger partial charge is 0.495 e. The molecule has 1 aromatic carbocycles. The summed E-state index contributed by atoms with van der Waals surface area (Å²) in [5.74, 6) is 1.61. The Kier molecular flexibility index (Phi) is 2.63. The van der Waals surface area contributed by atoms with Crippen molar-refractivity contribution in [2.24, 2.45) is 0 Å². The summed E-state index contributed by atoms with van der Waals surface area (Å²) in [5.41, 5.74) is 0.866. The second kappa shape index (κ2) is 3.92. The number of anilines is 1. The zero-order valence-corrected chi connectivity index (χ0v) is 8.71. The van der Waals surface area contributed by atoms with Crippen LogP contribution in [0.4, 0.5) is 10.5 Å². The molecule has 1 aliphatic rings. The first-order valence-electron chi connectivity index (χ1n) is 4.40. The van der Waals surface area contributed by atoms with Gasteiger partial charge in [-0.05, 0) is 12.1 Å². The van der Waals surface area contributed by atoms with E-state index >= 15 is 0 Å². The first-order valence-corrected chi connectivity index (χ1v) is 5.39. The average molecular weight is 209 g/mol. The summed E-state index contributed by atoms with van der Waals surface area (Å²) < 4.78 is 5.20. The normalized spacial score (nSPS) is 16.1. The maximum absolute atomic E-state index is 11.5. The van der Waals surface area contributed by atoms with Gasteiger partial charge in [0.15, 0.2) is 0 Å². The van der Waals surface area contributed by atoms with Gasteiger partial charge < -0.3 is 4.74 Å². The van der Waals surface area contributed by atoms with Crippen molar-refractivity contribution in [3.05, 3.63) is 24.3 Å². The van der Waals surface area contributed by atoms with Crippen LogP contribution in [0.5, 0.6) is 5.75 Å². The van der Waals surface area contributed by atoms with Gasteiger partial charge in [0.05, 0.1) is 12.8 Å². The van der Waals surface area contributed by atoms with Crippen LogP contribution in [0.3, 0.4) is 0 Å². The van der Waals surface area contributed by atoms with Gasteiger partial charge in [0.1, 0.15) is 5.75 Å². The Balaban J connectivity index is 2.35. The van der Waals surface area contributed by atoms with Crippen LogP contribution < -0.4 is 9.64 Å². The fourth-order valence-corrected chi connectivity index (χ4v) is 2.26. The maximum atomic E-state index is 11.5. The third-order valence-corrected chi connectivity index (χ3v) is 2.99. The molecular weight excluding hydrogens is 198 g/mol. The summed E-state index contributed by atoms with van der Waals surface area (Å²) in [6.07, 6.45) is 0. The van der Waals surface area contributed by atoms with E-state index in [4.69, 9.17) is 4.74 Å². The molecule has 1 amide bonds. The molecule has 1 aromatic rings. The van der Waals surface area contributed by atoms with Gasteiger partial charge in [0.2, 0.25) is 0 Å². The number of benzene rings is 1. The predicted molar refractivity (Wildman–Crippen MR) is 58.2 cm³/mol. The van der Waals surface area contributed by atoms with Gasteiger partial charge in [-0.2, -0.15) is 0 Å². The number of methoxy groups -OCH3 is 1. The van der Waals surface area contributed by atoms with Gasteiger partial charge >= 0.3 is 0 Å². The molecule has 0 spiro atoms. The number of rotatable bonds is 2.